The van der Waals surface area contributed by atoms with Gasteiger partial charge in [0.1, 0.15) is 6.04 Å². The van der Waals surface area contributed by atoms with Crippen LogP contribution in [0.2, 0.25) is 0 Å². The summed E-state index contributed by atoms with van der Waals surface area (Å²) in [5.74, 6) is -1.63. The van der Waals surface area contributed by atoms with E-state index < -0.39 is 12.0 Å². The lowest BCUT2D eigenvalue weighted by Crippen LogP contribution is -2.44. The van der Waals surface area contributed by atoms with E-state index in [1.807, 2.05) is 25.1 Å². The number of carbonyl (C=O) groups is 2. The van der Waals surface area contributed by atoms with Crippen molar-refractivity contribution in [1.29, 1.82) is 0 Å². The third-order valence-electron chi connectivity index (χ3n) is 3.88. The highest BCUT2D eigenvalue weighted by molar-refractivity contribution is 9.10. The number of allylic oxidation sites excluding steroid dienone is 1. The predicted octanol–water partition coefficient (Wildman–Crippen LogP) is 3.64. The minimum absolute atomic E-state index is 0.212. The van der Waals surface area contributed by atoms with Crippen LogP contribution in [0.5, 0.6) is 0 Å². The zero-order valence-electron chi connectivity index (χ0n) is 13.7. The number of nitrogens with one attached hydrogen (secondary N) is 2. The lowest BCUT2D eigenvalue weighted by atomic mass is 10.0. The van der Waals surface area contributed by atoms with Crippen molar-refractivity contribution in [2.75, 3.05) is 0 Å². The minimum Gasteiger partial charge on any atom is -0.480 e. The number of benzene rings is 1. The van der Waals surface area contributed by atoms with Crippen molar-refractivity contribution in [3.05, 3.63) is 46.6 Å². The number of hydrogen-bond donors (Lipinski definition) is 3. The molecule has 0 aliphatic carbocycles. The van der Waals surface area contributed by atoms with E-state index in [1.165, 1.54) is 0 Å². The molecule has 0 fully saturated rings. The van der Waals surface area contributed by atoms with Gasteiger partial charge in [-0.05, 0) is 31.0 Å². The summed E-state index contributed by atoms with van der Waals surface area (Å²) in [5.41, 5.74) is 2.66. The van der Waals surface area contributed by atoms with Gasteiger partial charge in [0, 0.05) is 33.9 Å². The molecule has 1 heterocycles. The second-order valence-corrected chi connectivity index (χ2v) is 7.00. The molecule has 0 spiro atoms. The highest BCUT2D eigenvalue weighted by Crippen LogP contribution is 2.27. The topological polar surface area (TPSA) is 82.2 Å². The van der Waals surface area contributed by atoms with Gasteiger partial charge in [0.15, 0.2) is 0 Å². The van der Waals surface area contributed by atoms with Crippen LogP contribution < -0.4 is 5.32 Å². The number of carbonyl (C=O) groups excluding carboxylic acids is 1. The van der Waals surface area contributed by atoms with Crippen molar-refractivity contribution >= 4 is 38.7 Å². The molecule has 0 aliphatic heterocycles. The molecular weight excluding hydrogens is 372 g/mol. The smallest absolute Gasteiger partial charge is 0.326 e. The van der Waals surface area contributed by atoms with Crippen molar-refractivity contribution < 1.29 is 14.7 Å². The predicted molar refractivity (Wildman–Crippen MR) is 97.9 cm³/mol. The molecule has 128 valence electrons. The Morgan fingerprint density at radius 3 is 2.75 bits per heavy atom. The molecule has 0 radical (unpaired) electrons. The molecule has 24 heavy (non-hydrogen) atoms. The summed E-state index contributed by atoms with van der Waals surface area (Å²) in [7, 11) is 0. The van der Waals surface area contributed by atoms with Crippen molar-refractivity contribution in [2.45, 2.75) is 32.7 Å². The van der Waals surface area contributed by atoms with Gasteiger partial charge in [-0.15, -0.1) is 6.58 Å². The fraction of sp³-hybridized carbons (Fsp3) is 0.333. The Hall–Kier alpha value is -2.08. The Labute approximate surface area is 149 Å². The molecule has 0 bridgehead atoms. The summed E-state index contributed by atoms with van der Waals surface area (Å²) in [5, 5.41) is 13.0. The molecule has 1 aromatic carbocycles. The van der Waals surface area contributed by atoms with E-state index in [-0.39, 0.29) is 18.2 Å². The standard InChI is InChI=1S/C18H21BrN2O3/c1-10(2)7-11(3)17(22)21-15(18(23)24)8-12-9-20-14-6-4-5-13(19)16(12)14/h4-6,9,11,15,20H,1,7-8H2,2-3H3,(H,21,22)(H,23,24). The first-order chi connectivity index (χ1) is 11.3. The summed E-state index contributed by atoms with van der Waals surface area (Å²) >= 11 is 3.49. The quantitative estimate of drug-likeness (QED) is 0.628. The summed E-state index contributed by atoms with van der Waals surface area (Å²) < 4.78 is 0.891. The van der Waals surface area contributed by atoms with Crippen LogP contribution in [0.15, 0.2) is 41.0 Å². The zero-order chi connectivity index (χ0) is 17.9. The van der Waals surface area contributed by atoms with E-state index in [9.17, 15) is 14.7 Å². The van der Waals surface area contributed by atoms with Crippen LogP contribution in [0.25, 0.3) is 10.9 Å². The van der Waals surface area contributed by atoms with Gasteiger partial charge in [0.2, 0.25) is 5.91 Å². The van der Waals surface area contributed by atoms with Crippen molar-refractivity contribution in [1.82, 2.24) is 10.3 Å². The van der Waals surface area contributed by atoms with Gasteiger partial charge in [-0.3, -0.25) is 4.79 Å². The molecule has 2 unspecified atom stereocenters. The molecule has 1 aromatic heterocycles. The van der Waals surface area contributed by atoms with E-state index in [0.29, 0.717) is 6.42 Å². The van der Waals surface area contributed by atoms with Crippen LogP contribution in [-0.2, 0) is 16.0 Å². The van der Waals surface area contributed by atoms with Crippen LogP contribution in [0, 0.1) is 5.92 Å². The number of aliphatic carboxylic acids is 1. The second-order valence-electron chi connectivity index (χ2n) is 6.14. The summed E-state index contributed by atoms with van der Waals surface area (Å²) in [6.45, 7) is 7.41. The number of aromatic nitrogens is 1. The summed E-state index contributed by atoms with van der Waals surface area (Å²) in [4.78, 5) is 26.9. The number of amides is 1. The normalized spacial score (nSPS) is 13.5. The maximum atomic E-state index is 12.2. The Bertz CT molecular complexity index is 782. The number of aromatic amines is 1. The molecule has 0 saturated heterocycles. The van der Waals surface area contributed by atoms with E-state index >= 15 is 0 Å². The number of hydrogen-bond acceptors (Lipinski definition) is 2. The number of rotatable bonds is 7. The SMILES string of the molecule is C=C(C)CC(C)C(=O)NC(Cc1c[nH]c2cccc(Br)c12)C(=O)O. The van der Waals surface area contributed by atoms with E-state index in [0.717, 1.165) is 26.5 Å². The maximum Gasteiger partial charge on any atom is 0.326 e. The molecule has 3 N–H and O–H groups in total. The Kier molecular flexibility index (Phi) is 5.83. The highest BCUT2D eigenvalue weighted by atomic mass is 79.9. The largest absolute Gasteiger partial charge is 0.480 e. The van der Waals surface area contributed by atoms with Crippen molar-refractivity contribution in [3.63, 3.8) is 0 Å². The molecular formula is C18H21BrN2O3. The third kappa shape index (κ3) is 4.26. The molecule has 2 rings (SSSR count). The van der Waals surface area contributed by atoms with Gasteiger partial charge in [0.05, 0.1) is 0 Å². The summed E-state index contributed by atoms with van der Waals surface area (Å²) in [6.07, 6.45) is 2.54. The fourth-order valence-corrected chi connectivity index (χ4v) is 3.34. The van der Waals surface area contributed by atoms with E-state index in [1.54, 1.807) is 13.1 Å². The van der Waals surface area contributed by atoms with Gasteiger partial charge in [-0.1, -0.05) is 34.5 Å². The average Bonchev–Trinajstić information content (AvgIpc) is 2.90. The summed E-state index contributed by atoms with van der Waals surface area (Å²) in [6, 6.07) is 4.76. The Balaban J connectivity index is 2.18. The highest BCUT2D eigenvalue weighted by Gasteiger charge is 2.24. The van der Waals surface area contributed by atoms with E-state index in [4.69, 9.17) is 0 Å². The third-order valence-corrected chi connectivity index (χ3v) is 4.54. The monoisotopic (exact) mass is 392 g/mol. The molecule has 0 aliphatic rings. The van der Waals surface area contributed by atoms with Crippen LogP contribution in [0.3, 0.4) is 0 Å². The molecule has 2 atom stereocenters. The Morgan fingerprint density at radius 2 is 2.12 bits per heavy atom. The molecule has 5 nitrogen and oxygen atoms in total. The number of carboxylic acid groups (broad SMARTS) is 1. The van der Waals surface area contributed by atoms with Gasteiger partial charge in [-0.25, -0.2) is 4.79 Å². The van der Waals surface area contributed by atoms with E-state index in [2.05, 4.69) is 32.8 Å². The lowest BCUT2D eigenvalue weighted by molar-refractivity contribution is -0.142. The van der Waals surface area contributed by atoms with Crippen LogP contribution in [-0.4, -0.2) is 28.0 Å². The maximum absolute atomic E-state index is 12.2. The lowest BCUT2D eigenvalue weighted by Gasteiger charge is -2.18. The van der Waals surface area contributed by atoms with Crippen LogP contribution in [0.4, 0.5) is 0 Å². The first-order valence-corrected chi connectivity index (χ1v) is 8.51. The number of carboxylic acids is 1. The number of H-pyrrole nitrogens is 1. The van der Waals surface area contributed by atoms with Gasteiger partial charge < -0.3 is 15.4 Å². The number of halogens is 1. The molecule has 2 aromatic rings. The average molecular weight is 393 g/mol. The molecule has 6 heteroatoms. The zero-order valence-corrected chi connectivity index (χ0v) is 15.3. The first kappa shape index (κ1) is 18.3. The number of fused-ring (bicyclic) bond motifs is 1. The van der Waals surface area contributed by atoms with Crippen molar-refractivity contribution in [2.24, 2.45) is 5.92 Å². The van der Waals surface area contributed by atoms with Crippen molar-refractivity contribution in [3.8, 4) is 0 Å². The fourth-order valence-electron chi connectivity index (χ4n) is 2.72. The van der Waals surface area contributed by atoms with Crippen LogP contribution >= 0.6 is 15.9 Å². The first-order valence-electron chi connectivity index (χ1n) is 7.71. The van der Waals surface area contributed by atoms with Gasteiger partial charge >= 0.3 is 5.97 Å². The Morgan fingerprint density at radius 1 is 1.42 bits per heavy atom. The van der Waals surface area contributed by atoms with Crippen LogP contribution in [0.1, 0.15) is 25.8 Å². The van der Waals surface area contributed by atoms with Gasteiger partial charge in [-0.2, -0.15) is 0 Å². The van der Waals surface area contributed by atoms with Gasteiger partial charge in [0.25, 0.3) is 0 Å². The second kappa shape index (κ2) is 7.66. The molecule has 0 saturated carbocycles. The minimum atomic E-state index is -1.05. The molecule has 1 amide bonds.